The Kier molecular flexibility index (Phi) is 4.44. The van der Waals surface area contributed by atoms with Gasteiger partial charge in [0, 0.05) is 5.56 Å². The van der Waals surface area contributed by atoms with Crippen LogP contribution in [0.25, 0.3) is 23.0 Å². The van der Waals surface area contributed by atoms with Crippen LogP contribution < -0.4 is 0 Å². The van der Waals surface area contributed by atoms with Gasteiger partial charge in [-0.25, -0.2) is 0 Å². The smallest absolute Gasteiger partial charge is 0.416 e. The molecule has 1 aromatic carbocycles. The Hall–Kier alpha value is -3.08. The number of alkyl halides is 3. The SMILES string of the molecule is FC(F)(F)c1ccc(-c2noc(CSc3nnc(-c4ccco4)o3)n2)cc1. The zero-order valence-corrected chi connectivity index (χ0v) is 14.1. The van der Waals surface area contributed by atoms with Crippen LogP contribution in [-0.4, -0.2) is 20.3 Å². The van der Waals surface area contributed by atoms with E-state index in [-0.39, 0.29) is 28.6 Å². The van der Waals surface area contributed by atoms with Gasteiger partial charge in [-0.05, 0) is 24.3 Å². The molecule has 0 spiro atoms. The van der Waals surface area contributed by atoms with E-state index >= 15 is 0 Å². The molecule has 0 aliphatic heterocycles. The Morgan fingerprint density at radius 2 is 1.85 bits per heavy atom. The molecule has 3 aromatic heterocycles. The quantitative estimate of drug-likeness (QED) is 0.450. The second-order valence-corrected chi connectivity index (χ2v) is 6.15. The molecule has 0 amide bonds. The number of hydrogen-bond acceptors (Lipinski definition) is 8. The van der Waals surface area contributed by atoms with Gasteiger partial charge in [-0.3, -0.25) is 0 Å². The molecule has 0 saturated carbocycles. The normalized spacial score (nSPS) is 11.8. The van der Waals surface area contributed by atoms with Crippen LogP contribution >= 0.6 is 11.8 Å². The van der Waals surface area contributed by atoms with Gasteiger partial charge >= 0.3 is 6.18 Å². The predicted molar refractivity (Wildman–Crippen MR) is 86.3 cm³/mol. The highest BCUT2D eigenvalue weighted by atomic mass is 32.2. The minimum Gasteiger partial charge on any atom is -0.459 e. The van der Waals surface area contributed by atoms with Crippen LogP contribution in [0.15, 0.2) is 61.2 Å². The number of thioether (sulfide) groups is 1. The summed E-state index contributed by atoms with van der Waals surface area (Å²) in [6.45, 7) is 0. The van der Waals surface area contributed by atoms with E-state index in [1.165, 1.54) is 30.2 Å². The van der Waals surface area contributed by atoms with Crippen molar-refractivity contribution in [3.63, 3.8) is 0 Å². The van der Waals surface area contributed by atoms with Crippen LogP contribution in [0.2, 0.25) is 0 Å². The largest absolute Gasteiger partial charge is 0.459 e. The third-order valence-electron chi connectivity index (χ3n) is 3.40. The maximum atomic E-state index is 12.6. The summed E-state index contributed by atoms with van der Waals surface area (Å²) in [4.78, 5) is 4.16. The summed E-state index contributed by atoms with van der Waals surface area (Å²) < 4.78 is 53.5. The summed E-state index contributed by atoms with van der Waals surface area (Å²) in [5, 5.41) is 11.8. The Balaban J connectivity index is 1.41. The minimum atomic E-state index is -4.39. The molecule has 0 saturated heterocycles. The number of hydrogen-bond donors (Lipinski definition) is 0. The van der Waals surface area contributed by atoms with Gasteiger partial charge in [0.2, 0.25) is 11.7 Å². The van der Waals surface area contributed by atoms with Crippen molar-refractivity contribution < 1.29 is 26.5 Å². The lowest BCUT2D eigenvalue weighted by Gasteiger charge is -2.05. The molecule has 0 atom stereocenters. The topological polar surface area (TPSA) is 91.0 Å². The standard InChI is InChI=1S/C16H9F3N4O3S/c17-16(18,19)10-5-3-9(4-6-10)13-20-12(26-23-13)8-27-15-22-21-14(25-15)11-2-1-7-24-11/h1-7H,8H2. The first-order chi connectivity index (χ1) is 13.0. The van der Waals surface area contributed by atoms with Crippen molar-refractivity contribution in [3.8, 4) is 23.0 Å². The molecule has 0 N–H and O–H groups in total. The summed E-state index contributed by atoms with van der Waals surface area (Å²) >= 11 is 1.18. The summed E-state index contributed by atoms with van der Waals surface area (Å²) in [5.74, 6) is 1.43. The van der Waals surface area contributed by atoms with Crippen molar-refractivity contribution in [2.45, 2.75) is 17.2 Å². The molecule has 27 heavy (non-hydrogen) atoms. The van der Waals surface area contributed by atoms with Crippen LogP contribution in [0, 0.1) is 0 Å². The highest BCUT2D eigenvalue weighted by Crippen LogP contribution is 2.31. The van der Waals surface area contributed by atoms with E-state index < -0.39 is 11.7 Å². The minimum absolute atomic E-state index is 0.195. The molecule has 0 aliphatic carbocycles. The van der Waals surface area contributed by atoms with Crippen LogP contribution in [0.3, 0.4) is 0 Å². The second kappa shape index (κ2) is 6.91. The monoisotopic (exact) mass is 394 g/mol. The maximum absolute atomic E-state index is 12.6. The Labute approximate surface area is 153 Å². The van der Waals surface area contributed by atoms with Gasteiger partial charge in [-0.1, -0.05) is 29.1 Å². The lowest BCUT2D eigenvalue weighted by Crippen LogP contribution is -2.04. The van der Waals surface area contributed by atoms with Crippen LogP contribution in [0.1, 0.15) is 11.5 Å². The van der Waals surface area contributed by atoms with Crippen LogP contribution in [0.5, 0.6) is 0 Å². The fraction of sp³-hybridized carbons (Fsp3) is 0.125. The first-order valence-electron chi connectivity index (χ1n) is 7.49. The van der Waals surface area contributed by atoms with E-state index in [1.54, 1.807) is 12.1 Å². The highest BCUT2D eigenvalue weighted by molar-refractivity contribution is 7.98. The molecule has 4 rings (SSSR count). The summed E-state index contributed by atoms with van der Waals surface area (Å²) in [5.41, 5.74) is -0.324. The number of benzene rings is 1. The van der Waals surface area contributed by atoms with Crippen molar-refractivity contribution in [1.29, 1.82) is 0 Å². The van der Waals surface area contributed by atoms with Crippen LogP contribution in [-0.2, 0) is 11.9 Å². The molecule has 0 radical (unpaired) electrons. The average molecular weight is 394 g/mol. The molecule has 0 unspecified atom stereocenters. The summed E-state index contributed by atoms with van der Waals surface area (Å²) in [7, 11) is 0. The van der Waals surface area contributed by atoms with E-state index in [0.29, 0.717) is 11.3 Å². The molecule has 0 aliphatic rings. The second-order valence-electron chi connectivity index (χ2n) is 5.23. The molecular weight excluding hydrogens is 385 g/mol. The zero-order valence-electron chi connectivity index (χ0n) is 13.3. The Morgan fingerprint density at radius 1 is 1.04 bits per heavy atom. The van der Waals surface area contributed by atoms with Gasteiger partial charge in [-0.2, -0.15) is 18.2 Å². The molecule has 11 heteroatoms. The number of halogens is 3. The van der Waals surface area contributed by atoms with Crippen molar-refractivity contribution in [1.82, 2.24) is 20.3 Å². The first-order valence-corrected chi connectivity index (χ1v) is 8.48. The third kappa shape index (κ3) is 3.87. The van der Waals surface area contributed by atoms with Crippen LogP contribution in [0.4, 0.5) is 13.2 Å². The Bertz CT molecular complexity index is 1030. The van der Waals surface area contributed by atoms with E-state index in [2.05, 4.69) is 20.3 Å². The number of aromatic nitrogens is 4. The Morgan fingerprint density at radius 3 is 2.56 bits per heavy atom. The summed E-state index contributed by atoms with van der Waals surface area (Å²) in [6, 6.07) is 7.91. The first kappa shape index (κ1) is 17.3. The van der Waals surface area contributed by atoms with Crippen molar-refractivity contribution in [3.05, 3.63) is 54.1 Å². The van der Waals surface area contributed by atoms with Crippen molar-refractivity contribution in [2.24, 2.45) is 0 Å². The molecule has 0 fully saturated rings. The molecule has 7 nitrogen and oxygen atoms in total. The van der Waals surface area contributed by atoms with Gasteiger partial charge in [0.25, 0.3) is 11.1 Å². The fourth-order valence-corrected chi connectivity index (χ4v) is 2.73. The van der Waals surface area contributed by atoms with Gasteiger partial charge < -0.3 is 13.4 Å². The zero-order chi connectivity index (χ0) is 18.9. The number of nitrogens with zero attached hydrogens (tertiary/aromatic N) is 4. The highest BCUT2D eigenvalue weighted by Gasteiger charge is 2.30. The molecule has 4 aromatic rings. The van der Waals surface area contributed by atoms with Gasteiger partial charge in [0.05, 0.1) is 17.6 Å². The lowest BCUT2D eigenvalue weighted by atomic mass is 10.1. The molecule has 0 bridgehead atoms. The number of rotatable bonds is 5. The maximum Gasteiger partial charge on any atom is 0.416 e. The lowest BCUT2D eigenvalue weighted by molar-refractivity contribution is -0.137. The van der Waals surface area contributed by atoms with Gasteiger partial charge in [0.1, 0.15) is 0 Å². The van der Waals surface area contributed by atoms with E-state index in [4.69, 9.17) is 13.4 Å². The van der Waals surface area contributed by atoms with Crippen molar-refractivity contribution in [2.75, 3.05) is 0 Å². The van der Waals surface area contributed by atoms with E-state index in [1.807, 2.05) is 0 Å². The average Bonchev–Trinajstić information content (AvgIpc) is 3.39. The summed E-state index contributed by atoms with van der Waals surface area (Å²) in [6.07, 6.45) is -2.90. The van der Waals surface area contributed by atoms with Gasteiger partial charge in [0.15, 0.2) is 5.76 Å². The fourth-order valence-electron chi connectivity index (χ4n) is 2.13. The molecular formula is C16H9F3N4O3S. The number of furan rings is 1. The predicted octanol–water partition coefficient (Wildman–Crippen LogP) is 4.69. The van der Waals surface area contributed by atoms with Gasteiger partial charge in [-0.15, -0.1) is 10.2 Å². The molecule has 3 heterocycles. The van der Waals surface area contributed by atoms with Crippen molar-refractivity contribution >= 4 is 11.8 Å². The third-order valence-corrected chi connectivity index (χ3v) is 4.20. The molecule has 138 valence electrons. The van der Waals surface area contributed by atoms with E-state index in [9.17, 15) is 13.2 Å². The van der Waals surface area contributed by atoms with E-state index in [0.717, 1.165) is 12.1 Å².